The zero-order valence-corrected chi connectivity index (χ0v) is 40.9. The lowest BCUT2D eigenvalue weighted by Crippen LogP contribution is -2.11. The van der Waals surface area contributed by atoms with Gasteiger partial charge in [0.2, 0.25) is 0 Å². The molecule has 0 N–H and O–H groups in total. The Balaban J connectivity index is 0.837. The zero-order chi connectivity index (χ0) is 49.4. The predicted molar refractivity (Wildman–Crippen MR) is 317 cm³/mol. The van der Waals surface area contributed by atoms with Crippen molar-refractivity contribution in [3.8, 4) is 50.2 Å². The SMILES string of the molecule is c1cc(-c2ccc(N(c3ccc(-c4cccc(-n5c6ccccc6c6ccccc65)c4)cc3)c3ccccc3-c3ccc4c(c3)oc3c5ccccc5ccc43)cc2)cc(-c2cc3ccccc3c3ccccc23)c1. The van der Waals surface area contributed by atoms with E-state index in [4.69, 9.17) is 4.42 Å². The molecule has 0 atom stereocenters. The Hall–Kier alpha value is -9.96. The minimum Gasteiger partial charge on any atom is -0.455 e. The van der Waals surface area contributed by atoms with E-state index >= 15 is 0 Å². The molecule has 0 radical (unpaired) electrons. The Kier molecular flexibility index (Phi) is 9.89. The maximum absolute atomic E-state index is 6.74. The van der Waals surface area contributed by atoms with E-state index in [1.807, 2.05) is 0 Å². The van der Waals surface area contributed by atoms with Crippen LogP contribution in [0.2, 0.25) is 0 Å². The highest BCUT2D eigenvalue weighted by atomic mass is 16.3. The van der Waals surface area contributed by atoms with E-state index in [-0.39, 0.29) is 0 Å². The first-order chi connectivity index (χ1) is 37.2. The third-order valence-corrected chi connectivity index (χ3v) is 15.4. The quantitative estimate of drug-likeness (QED) is 0.142. The van der Waals surface area contributed by atoms with Gasteiger partial charge < -0.3 is 13.9 Å². The van der Waals surface area contributed by atoms with Crippen molar-refractivity contribution in [2.45, 2.75) is 0 Å². The van der Waals surface area contributed by atoms with Gasteiger partial charge >= 0.3 is 0 Å². The van der Waals surface area contributed by atoms with Crippen LogP contribution >= 0.6 is 0 Å². The third kappa shape index (κ3) is 7.12. The number of anilines is 3. The summed E-state index contributed by atoms with van der Waals surface area (Å²) in [6.45, 7) is 0. The van der Waals surface area contributed by atoms with E-state index in [1.54, 1.807) is 0 Å². The van der Waals surface area contributed by atoms with E-state index < -0.39 is 0 Å². The van der Waals surface area contributed by atoms with Crippen LogP contribution in [0.3, 0.4) is 0 Å². The summed E-state index contributed by atoms with van der Waals surface area (Å²) in [5.41, 5.74) is 17.8. The normalized spacial score (nSPS) is 11.7. The van der Waals surface area contributed by atoms with Crippen LogP contribution in [-0.4, -0.2) is 4.57 Å². The van der Waals surface area contributed by atoms with Gasteiger partial charge in [0.05, 0.1) is 16.7 Å². The molecule has 3 heteroatoms. The van der Waals surface area contributed by atoms with Crippen LogP contribution in [-0.2, 0) is 0 Å². The molecular weight excluding hydrogens is 909 g/mol. The molecule has 0 saturated heterocycles. The van der Waals surface area contributed by atoms with Gasteiger partial charge in [0, 0.05) is 49.6 Å². The fraction of sp³-hybridized carbons (Fsp3) is 0. The van der Waals surface area contributed by atoms with Crippen molar-refractivity contribution < 1.29 is 4.42 Å². The average Bonchev–Trinajstić information content (AvgIpc) is 4.06. The smallest absolute Gasteiger partial charge is 0.143 e. The van der Waals surface area contributed by atoms with Crippen LogP contribution in [0.4, 0.5) is 17.1 Å². The van der Waals surface area contributed by atoms with Gasteiger partial charge in [-0.25, -0.2) is 0 Å². The summed E-state index contributed by atoms with van der Waals surface area (Å²) in [4.78, 5) is 2.39. The number of para-hydroxylation sites is 3. The number of furan rings is 1. The number of aromatic nitrogens is 1. The Bertz CT molecular complexity index is 4660. The van der Waals surface area contributed by atoms with Gasteiger partial charge in [-0.3, -0.25) is 0 Å². The van der Waals surface area contributed by atoms with Gasteiger partial charge in [-0.1, -0.05) is 194 Å². The van der Waals surface area contributed by atoms with Gasteiger partial charge in [0.1, 0.15) is 11.2 Å². The van der Waals surface area contributed by atoms with Gasteiger partial charge in [-0.2, -0.15) is 0 Å². The molecule has 15 rings (SSSR count). The molecular formula is C72H46N2O. The minimum absolute atomic E-state index is 0.871. The first-order valence-corrected chi connectivity index (χ1v) is 25.7. The molecule has 0 unspecified atom stereocenters. The third-order valence-electron chi connectivity index (χ3n) is 15.4. The Morgan fingerprint density at radius 1 is 0.280 bits per heavy atom. The monoisotopic (exact) mass is 954 g/mol. The summed E-state index contributed by atoms with van der Waals surface area (Å²) < 4.78 is 9.13. The van der Waals surface area contributed by atoms with Gasteiger partial charge in [0.15, 0.2) is 0 Å². The summed E-state index contributed by atoms with van der Waals surface area (Å²) >= 11 is 0. The van der Waals surface area contributed by atoms with Crippen molar-refractivity contribution in [2.24, 2.45) is 0 Å². The van der Waals surface area contributed by atoms with E-state index in [2.05, 4.69) is 289 Å². The molecule has 0 aliphatic rings. The maximum Gasteiger partial charge on any atom is 0.143 e. The highest BCUT2D eigenvalue weighted by Gasteiger charge is 2.20. The van der Waals surface area contributed by atoms with Crippen LogP contribution in [0.1, 0.15) is 0 Å². The molecule has 2 heterocycles. The molecule has 0 spiro atoms. The van der Waals surface area contributed by atoms with Crippen LogP contribution in [0.15, 0.2) is 283 Å². The summed E-state index contributed by atoms with van der Waals surface area (Å²) in [7, 11) is 0. The Morgan fingerprint density at radius 3 is 1.55 bits per heavy atom. The molecule has 0 aliphatic carbocycles. The van der Waals surface area contributed by atoms with Crippen molar-refractivity contribution in [3.63, 3.8) is 0 Å². The molecule has 0 saturated carbocycles. The highest BCUT2D eigenvalue weighted by molar-refractivity contribution is 6.16. The molecule has 0 aliphatic heterocycles. The average molecular weight is 955 g/mol. The van der Waals surface area contributed by atoms with Gasteiger partial charge in [-0.15, -0.1) is 0 Å². The second-order valence-corrected chi connectivity index (χ2v) is 19.6. The van der Waals surface area contributed by atoms with Crippen LogP contribution in [0, 0.1) is 0 Å². The van der Waals surface area contributed by atoms with E-state index in [0.29, 0.717) is 0 Å². The van der Waals surface area contributed by atoms with E-state index in [1.165, 1.54) is 65.4 Å². The fourth-order valence-corrected chi connectivity index (χ4v) is 11.8. The Morgan fingerprint density at radius 2 is 0.813 bits per heavy atom. The largest absolute Gasteiger partial charge is 0.455 e. The molecule has 15 aromatic rings. The lowest BCUT2D eigenvalue weighted by molar-refractivity contribution is 0.673. The molecule has 350 valence electrons. The summed E-state index contributed by atoms with van der Waals surface area (Å²) in [5, 5.41) is 12.1. The number of fused-ring (bicyclic) bond motifs is 11. The highest BCUT2D eigenvalue weighted by Crippen LogP contribution is 2.45. The standard InChI is InChI=1S/C72H46N2O/c1-4-23-60-49(15-1)35-42-66-65-41-36-54(46-71(65)75-72(60)66)59-22-7-10-28-68(59)73(56-39-33-48(34-40-56)51-18-14-20-57(44-51)74-69-29-11-8-26-63(69)64-27-9-12-30-70(64)74)55-37-31-47(32-38-55)50-17-13-19-52(43-50)67-45-53-16-2-3-21-58(53)61-24-5-6-25-62(61)67/h1-46H. The van der Waals surface area contributed by atoms with Crippen molar-refractivity contribution >= 4 is 93.1 Å². The topological polar surface area (TPSA) is 21.3 Å². The second kappa shape index (κ2) is 17.4. The van der Waals surface area contributed by atoms with Crippen LogP contribution < -0.4 is 4.90 Å². The van der Waals surface area contributed by atoms with E-state index in [0.717, 1.165) is 77.9 Å². The first kappa shape index (κ1) is 42.7. The molecule has 75 heavy (non-hydrogen) atoms. The second-order valence-electron chi connectivity index (χ2n) is 19.6. The molecule has 3 nitrogen and oxygen atoms in total. The summed E-state index contributed by atoms with van der Waals surface area (Å²) in [6.07, 6.45) is 0. The number of hydrogen-bond acceptors (Lipinski definition) is 2. The maximum atomic E-state index is 6.74. The van der Waals surface area contributed by atoms with Gasteiger partial charge in [-0.05, 0) is 151 Å². The first-order valence-electron chi connectivity index (χ1n) is 25.7. The minimum atomic E-state index is 0.871. The number of rotatable bonds is 8. The van der Waals surface area contributed by atoms with Crippen molar-refractivity contribution in [2.75, 3.05) is 4.90 Å². The summed E-state index contributed by atoms with van der Waals surface area (Å²) in [5.74, 6) is 0. The van der Waals surface area contributed by atoms with Crippen LogP contribution in [0.5, 0.6) is 0 Å². The van der Waals surface area contributed by atoms with Crippen molar-refractivity contribution in [3.05, 3.63) is 279 Å². The fourth-order valence-electron chi connectivity index (χ4n) is 11.8. The van der Waals surface area contributed by atoms with E-state index in [9.17, 15) is 0 Å². The molecule has 2 aromatic heterocycles. The molecule has 13 aromatic carbocycles. The number of hydrogen-bond donors (Lipinski definition) is 0. The lowest BCUT2D eigenvalue weighted by atomic mass is 9.92. The summed E-state index contributed by atoms with van der Waals surface area (Å²) in [6, 6.07) is 101. The van der Waals surface area contributed by atoms with Crippen molar-refractivity contribution in [1.29, 1.82) is 0 Å². The zero-order valence-electron chi connectivity index (χ0n) is 40.9. The molecule has 0 amide bonds. The van der Waals surface area contributed by atoms with Crippen molar-refractivity contribution in [1.82, 2.24) is 4.57 Å². The molecule has 0 bridgehead atoms. The van der Waals surface area contributed by atoms with Crippen LogP contribution in [0.25, 0.3) is 126 Å². The van der Waals surface area contributed by atoms with Gasteiger partial charge in [0.25, 0.3) is 0 Å². The molecule has 0 fully saturated rings. The lowest BCUT2D eigenvalue weighted by Gasteiger charge is -2.28. The Labute approximate surface area is 434 Å². The predicted octanol–water partition coefficient (Wildman–Crippen LogP) is 20.3. The number of benzene rings is 13. The number of nitrogens with zero attached hydrogens (tertiary/aromatic N) is 2.